The first-order valence-electron chi connectivity index (χ1n) is 7.71. The maximum Gasteiger partial charge on any atom is 0.228 e. The standard InChI is InChI=1S/C18H24N2O/c1-3-8-15(19)13-18(21)20(4-2)17-12-7-10-14-9-5-6-11-16(14)17/h5-7,9-12,15H,3-4,8,13,19H2,1-2H3. The van der Waals surface area contributed by atoms with E-state index in [1.54, 1.807) is 0 Å². The van der Waals surface area contributed by atoms with Gasteiger partial charge in [-0.3, -0.25) is 4.79 Å². The van der Waals surface area contributed by atoms with Gasteiger partial charge in [0, 0.05) is 24.4 Å². The summed E-state index contributed by atoms with van der Waals surface area (Å²) in [5.41, 5.74) is 7.00. The van der Waals surface area contributed by atoms with Crippen molar-refractivity contribution in [1.29, 1.82) is 0 Å². The highest BCUT2D eigenvalue weighted by Gasteiger charge is 2.18. The van der Waals surface area contributed by atoms with Crippen LogP contribution < -0.4 is 10.6 Å². The van der Waals surface area contributed by atoms with Crippen LogP contribution in [-0.2, 0) is 4.79 Å². The maximum atomic E-state index is 12.5. The molecule has 0 aliphatic rings. The van der Waals surface area contributed by atoms with Crippen molar-refractivity contribution in [2.75, 3.05) is 11.4 Å². The molecule has 21 heavy (non-hydrogen) atoms. The van der Waals surface area contributed by atoms with Crippen molar-refractivity contribution >= 4 is 22.4 Å². The molecule has 2 aromatic rings. The van der Waals surface area contributed by atoms with Crippen LogP contribution >= 0.6 is 0 Å². The van der Waals surface area contributed by atoms with Crippen LogP contribution in [0.3, 0.4) is 0 Å². The predicted molar refractivity (Wildman–Crippen MR) is 89.5 cm³/mol. The average Bonchev–Trinajstić information content (AvgIpc) is 2.48. The molecule has 0 bridgehead atoms. The second kappa shape index (κ2) is 7.23. The molecule has 0 saturated heterocycles. The number of anilines is 1. The highest BCUT2D eigenvalue weighted by Crippen LogP contribution is 2.27. The lowest BCUT2D eigenvalue weighted by Crippen LogP contribution is -2.35. The summed E-state index contributed by atoms with van der Waals surface area (Å²) in [5, 5.41) is 2.26. The number of benzene rings is 2. The number of carbonyl (C=O) groups excluding carboxylic acids is 1. The molecule has 2 aromatic carbocycles. The number of hydrogen-bond acceptors (Lipinski definition) is 2. The van der Waals surface area contributed by atoms with Crippen LogP contribution in [0, 0.1) is 0 Å². The van der Waals surface area contributed by atoms with E-state index in [0.717, 1.165) is 29.3 Å². The number of rotatable bonds is 6. The summed E-state index contributed by atoms with van der Waals surface area (Å²) in [5.74, 6) is 0.106. The molecule has 0 radical (unpaired) electrons. The van der Waals surface area contributed by atoms with Gasteiger partial charge in [0.05, 0.1) is 5.69 Å². The third-order valence-corrected chi connectivity index (χ3v) is 3.77. The largest absolute Gasteiger partial charge is 0.327 e. The SMILES string of the molecule is CCCC(N)CC(=O)N(CC)c1cccc2ccccc12. The molecule has 0 saturated carbocycles. The van der Waals surface area contributed by atoms with Gasteiger partial charge < -0.3 is 10.6 Å². The normalized spacial score (nSPS) is 12.3. The van der Waals surface area contributed by atoms with Crippen molar-refractivity contribution in [1.82, 2.24) is 0 Å². The lowest BCUT2D eigenvalue weighted by Gasteiger charge is -2.24. The van der Waals surface area contributed by atoms with E-state index in [9.17, 15) is 4.79 Å². The summed E-state index contributed by atoms with van der Waals surface area (Å²) >= 11 is 0. The molecule has 0 aliphatic heterocycles. The lowest BCUT2D eigenvalue weighted by molar-refractivity contribution is -0.118. The van der Waals surface area contributed by atoms with Gasteiger partial charge in [-0.05, 0) is 24.8 Å². The van der Waals surface area contributed by atoms with Crippen LogP contribution in [-0.4, -0.2) is 18.5 Å². The van der Waals surface area contributed by atoms with Gasteiger partial charge in [-0.2, -0.15) is 0 Å². The topological polar surface area (TPSA) is 46.3 Å². The molecule has 112 valence electrons. The first-order chi connectivity index (χ1) is 10.2. The molecule has 1 atom stereocenters. The van der Waals surface area contributed by atoms with Gasteiger partial charge in [0.1, 0.15) is 0 Å². The van der Waals surface area contributed by atoms with Gasteiger partial charge in [0.25, 0.3) is 0 Å². The first kappa shape index (κ1) is 15.5. The fraction of sp³-hybridized carbons (Fsp3) is 0.389. The van der Waals surface area contributed by atoms with E-state index in [-0.39, 0.29) is 11.9 Å². The van der Waals surface area contributed by atoms with Gasteiger partial charge in [0.2, 0.25) is 5.91 Å². The first-order valence-corrected chi connectivity index (χ1v) is 7.71. The molecule has 0 aliphatic carbocycles. The summed E-state index contributed by atoms with van der Waals surface area (Å²) in [6, 6.07) is 14.2. The fourth-order valence-electron chi connectivity index (χ4n) is 2.73. The molecule has 1 amide bonds. The molecule has 0 aromatic heterocycles. The average molecular weight is 284 g/mol. The Balaban J connectivity index is 2.29. The van der Waals surface area contributed by atoms with E-state index >= 15 is 0 Å². The Morgan fingerprint density at radius 1 is 1.14 bits per heavy atom. The summed E-state index contributed by atoms with van der Waals surface area (Å²) in [7, 11) is 0. The van der Waals surface area contributed by atoms with E-state index in [2.05, 4.69) is 25.1 Å². The minimum absolute atomic E-state index is 0.0495. The van der Waals surface area contributed by atoms with Crippen LogP contribution in [0.25, 0.3) is 10.8 Å². The highest BCUT2D eigenvalue weighted by atomic mass is 16.2. The Labute approximate surface area is 126 Å². The number of hydrogen-bond donors (Lipinski definition) is 1. The van der Waals surface area contributed by atoms with Crippen molar-refractivity contribution in [2.24, 2.45) is 5.73 Å². The Morgan fingerprint density at radius 2 is 1.86 bits per heavy atom. The zero-order valence-corrected chi connectivity index (χ0v) is 12.9. The van der Waals surface area contributed by atoms with Crippen molar-refractivity contribution in [3.63, 3.8) is 0 Å². The summed E-state index contributed by atoms with van der Waals surface area (Å²) in [4.78, 5) is 14.4. The fourth-order valence-corrected chi connectivity index (χ4v) is 2.73. The Kier molecular flexibility index (Phi) is 5.34. The summed E-state index contributed by atoms with van der Waals surface area (Å²) < 4.78 is 0. The summed E-state index contributed by atoms with van der Waals surface area (Å²) in [6.07, 6.45) is 2.30. The predicted octanol–water partition coefficient (Wildman–Crippen LogP) is 3.71. The highest BCUT2D eigenvalue weighted by molar-refractivity contribution is 6.03. The molecule has 0 fully saturated rings. The van der Waals surface area contributed by atoms with Crippen molar-refractivity contribution in [2.45, 2.75) is 39.2 Å². The minimum atomic E-state index is -0.0495. The van der Waals surface area contributed by atoms with E-state index in [0.29, 0.717) is 13.0 Å². The van der Waals surface area contributed by atoms with E-state index < -0.39 is 0 Å². The second-order valence-electron chi connectivity index (χ2n) is 5.39. The second-order valence-corrected chi connectivity index (χ2v) is 5.39. The maximum absolute atomic E-state index is 12.5. The lowest BCUT2D eigenvalue weighted by atomic mass is 10.1. The number of nitrogens with two attached hydrogens (primary N) is 1. The molecule has 1 unspecified atom stereocenters. The molecule has 2 rings (SSSR count). The van der Waals surface area contributed by atoms with Gasteiger partial charge in [-0.25, -0.2) is 0 Å². The van der Waals surface area contributed by atoms with Gasteiger partial charge in [-0.15, -0.1) is 0 Å². The van der Waals surface area contributed by atoms with Gasteiger partial charge in [-0.1, -0.05) is 49.7 Å². The van der Waals surface area contributed by atoms with Crippen molar-refractivity contribution in [3.8, 4) is 0 Å². The van der Waals surface area contributed by atoms with Crippen molar-refractivity contribution < 1.29 is 4.79 Å². The number of amides is 1. The Bertz CT molecular complexity index is 604. The Morgan fingerprint density at radius 3 is 2.57 bits per heavy atom. The molecule has 3 nitrogen and oxygen atoms in total. The number of carbonyl (C=O) groups is 1. The third-order valence-electron chi connectivity index (χ3n) is 3.77. The van der Waals surface area contributed by atoms with Crippen LogP contribution in [0.4, 0.5) is 5.69 Å². The Hall–Kier alpha value is -1.87. The molecule has 3 heteroatoms. The molecular formula is C18H24N2O. The van der Waals surface area contributed by atoms with Crippen molar-refractivity contribution in [3.05, 3.63) is 42.5 Å². The quantitative estimate of drug-likeness (QED) is 0.879. The van der Waals surface area contributed by atoms with E-state index in [1.165, 1.54) is 0 Å². The van der Waals surface area contributed by atoms with Gasteiger partial charge >= 0.3 is 0 Å². The van der Waals surface area contributed by atoms with E-state index in [4.69, 9.17) is 5.73 Å². The molecule has 0 spiro atoms. The number of nitrogens with zero attached hydrogens (tertiary/aromatic N) is 1. The summed E-state index contributed by atoms with van der Waals surface area (Å²) in [6.45, 7) is 4.75. The number of fused-ring (bicyclic) bond motifs is 1. The minimum Gasteiger partial charge on any atom is -0.327 e. The van der Waals surface area contributed by atoms with Crippen LogP contribution in [0.1, 0.15) is 33.1 Å². The van der Waals surface area contributed by atoms with Crippen LogP contribution in [0.2, 0.25) is 0 Å². The zero-order valence-electron chi connectivity index (χ0n) is 12.9. The van der Waals surface area contributed by atoms with Gasteiger partial charge in [0.15, 0.2) is 0 Å². The van der Waals surface area contributed by atoms with Crippen LogP contribution in [0.5, 0.6) is 0 Å². The zero-order chi connectivity index (χ0) is 15.2. The third kappa shape index (κ3) is 3.61. The smallest absolute Gasteiger partial charge is 0.228 e. The monoisotopic (exact) mass is 284 g/mol. The van der Waals surface area contributed by atoms with Crippen LogP contribution in [0.15, 0.2) is 42.5 Å². The molecule has 2 N–H and O–H groups in total. The molecule has 0 heterocycles. The molecular weight excluding hydrogens is 260 g/mol. The van der Waals surface area contributed by atoms with E-state index in [1.807, 2.05) is 36.1 Å².